The summed E-state index contributed by atoms with van der Waals surface area (Å²) in [6.45, 7) is 1.41. The highest BCUT2D eigenvalue weighted by Crippen LogP contribution is 2.31. The Labute approximate surface area is 117 Å². The van der Waals surface area contributed by atoms with Crippen molar-refractivity contribution >= 4 is 22.1 Å². The minimum atomic E-state index is -4.25. The number of non-ortho nitro benzene ring substituents is 1. The maximum atomic E-state index is 12.2. The third-order valence-electron chi connectivity index (χ3n) is 2.94. The number of rotatable bonds is 4. The van der Waals surface area contributed by atoms with Gasteiger partial charge in [0.25, 0.3) is 5.69 Å². The maximum Gasteiger partial charge on any atom is 0.390 e. The molecule has 21 heavy (non-hydrogen) atoms. The molecule has 0 atom stereocenters. The van der Waals surface area contributed by atoms with E-state index in [2.05, 4.69) is 10.3 Å². The van der Waals surface area contributed by atoms with Gasteiger partial charge in [0.2, 0.25) is 0 Å². The van der Waals surface area contributed by atoms with Crippen LogP contribution in [0.25, 0.3) is 10.8 Å². The molecule has 0 bridgehead atoms. The largest absolute Gasteiger partial charge is 0.390 e. The van der Waals surface area contributed by atoms with E-state index in [-0.39, 0.29) is 12.2 Å². The lowest BCUT2D eigenvalue weighted by Gasteiger charge is -2.11. The molecule has 0 unspecified atom stereocenters. The number of nitro benzene ring substituents is 1. The average molecular weight is 299 g/mol. The molecule has 112 valence electrons. The number of nitro groups is 1. The van der Waals surface area contributed by atoms with Crippen molar-refractivity contribution < 1.29 is 18.1 Å². The van der Waals surface area contributed by atoms with Crippen LogP contribution in [-0.2, 0) is 0 Å². The summed E-state index contributed by atoms with van der Waals surface area (Å²) in [4.78, 5) is 14.4. The molecule has 1 aromatic carbocycles. The SMILES string of the molecule is Cc1cc2c(NCCC(F)(F)F)ccc([N+](=O)[O-])c2cn1. The molecule has 0 fully saturated rings. The Morgan fingerprint density at radius 3 is 2.67 bits per heavy atom. The fraction of sp³-hybridized carbons (Fsp3) is 0.308. The number of aryl methyl sites for hydroxylation is 1. The highest BCUT2D eigenvalue weighted by molar-refractivity contribution is 5.99. The summed E-state index contributed by atoms with van der Waals surface area (Å²) in [5, 5.41) is 14.4. The van der Waals surface area contributed by atoms with Gasteiger partial charge in [-0.3, -0.25) is 15.1 Å². The zero-order valence-corrected chi connectivity index (χ0v) is 11.1. The number of hydrogen-bond acceptors (Lipinski definition) is 4. The number of pyridine rings is 1. The van der Waals surface area contributed by atoms with Crippen molar-refractivity contribution in [2.24, 2.45) is 0 Å². The van der Waals surface area contributed by atoms with Gasteiger partial charge in [0.15, 0.2) is 0 Å². The molecule has 0 saturated heterocycles. The Morgan fingerprint density at radius 1 is 1.33 bits per heavy atom. The maximum absolute atomic E-state index is 12.2. The van der Waals surface area contributed by atoms with Gasteiger partial charge < -0.3 is 5.32 Å². The van der Waals surface area contributed by atoms with Gasteiger partial charge in [-0.1, -0.05) is 0 Å². The molecule has 0 aliphatic rings. The van der Waals surface area contributed by atoms with Gasteiger partial charge in [-0.05, 0) is 19.1 Å². The van der Waals surface area contributed by atoms with Crippen molar-refractivity contribution in [3.8, 4) is 0 Å². The number of benzene rings is 1. The van der Waals surface area contributed by atoms with Crippen LogP contribution in [0.5, 0.6) is 0 Å². The molecular formula is C13H12F3N3O2. The van der Waals surface area contributed by atoms with Crippen LogP contribution < -0.4 is 5.32 Å². The van der Waals surface area contributed by atoms with E-state index in [1.807, 2.05) is 0 Å². The van der Waals surface area contributed by atoms with E-state index < -0.39 is 17.5 Å². The van der Waals surface area contributed by atoms with Crippen LogP contribution in [0.1, 0.15) is 12.1 Å². The Balaban J connectivity index is 2.38. The third-order valence-corrected chi connectivity index (χ3v) is 2.94. The molecule has 1 N–H and O–H groups in total. The van der Waals surface area contributed by atoms with Gasteiger partial charge in [0.05, 0.1) is 16.7 Å². The van der Waals surface area contributed by atoms with Crippen molar-refractivity contribution in [2.75, 3.05) is 11.9 Å². The fourth-order valence-corrected chi connectivity index (χ4v) is 1.98. The standard InChI is InChI=1S/C13H12F3N3O2/c1-8-6-9-10(7-18-8)12(19(20)21)3-2-11(9)17-5-4-13(14,15)16/h2-3,6-7,17H,4-5H2,1H3. The molecule has 1 aromatic heterocycles. The molecule has 0 saturated carbocycles. The lowest BCUT2D eigenvalue weighted by Crippen LogP contribution is -2.14. The highest BCUT2D eigenvalue weighted by Gasteiger charge is 2.26. The molecular weight excluding hydrogens is 287 g/mol. The van der Waals surface area contributed by atoms with Gasteiger partial charge in [-0.2, -0.15) is 13.2 Å². The Bertz CT molecular complexity index is 686. The van der Waals surface area contributed by atoms with Crippen molar-refractivity contribution in [1.82, 2.24) is 4.98 Å². The molecule has 0 radical (unpaired) electrons. The van der Waals surface area contributed by atoms with Gasteiger partial charge in [-0.15, -0.1) is 0 Å². The van der Waals surface area contributed by atoms with Crippen molar-refractivity contribution in [1.29, 1.82) is 0 Å². The normalized spacial score (nSPS) is 11.6. The molecule has 2 aromatic rings. The monoisotopic (exact) mass is 299 g/mol. The van der Waals surface area contributed by atoms with Gasteiger partial charge in [0.1, 0.15) is 0 Å². The fourth-order valence-electron chi connectivity index (χ4n) is 1.98. The summed E-state index contributed by atoms with van der Waals surface area (Å²) in [6, 6.07) is 4.28. The van der Waals surface area contributed by atoms with Crippen molar-refractivity contribution in [2.45, 2.75) is 19.5 Å². The number of fused-ring (bicyclic) bond motifs is 1. The molecule has 0 aliphatic carbocycles. The Kier molecular flexibility index (Phi) is 3.97. The minimum Gasteiger partial charge on any atom is -0.384 e. The van der Waals surface area contributed by atoms with E-state index in [9.17, 15) is 23.3 Å². The number of aromatic nitrogens is 1. The second-order valence-electron chi connectivity index (χ2n) is 4.55. The third kappa shape index (κ3) is 3.59. The minimum absolute atomic E-state index is 0.126. The van der Waals surface area contributed by atoms with Crippen LogP contribution in [0.4, 0.5) is 24.5 Å². The molecule has 1 heterocycles. The van der Waals surface area contributed by atoms with Gasteiger partial charge >= 0.3 is 6.18 Å². The predicted octanol–water partition coefficient (Wildman–Crippen LogP) is 3.82. The lowest BCUT2D eigenvalue weighted by atomic mass is 10.1. The molecule has 8 heteroatoms. The van der Waals surface area contributed by atoms with Gasteiger partial charge in [0, 0.05) is 35.6 Å². The summed E-state index contributed by atoms with van der Waals surface area (Å²) in [5.74, 6) is 0. The van der Waals surface area contributed by atoms with E-state index in [1.54, 1.807) is 13.0 Å². The lowest BCUT2D eigenvalue weighted by molar-refractivity contribution is -0.383. The Hall–Kier alpha value is -2.38. The first-order valence-corrected chi connectivity index (χ1v) is 6.12. The van der Waals surface area contributed by atoms with E-state index in [0.717, 1.165) is 0 Å². The van der Waals surface area contributed by atoms with Crippen molar-refractivity contribution in [3.05, 3.63) is 40.2 Å². The number of alkyl halides is 3. The quantitative estimate of drug-likeness (QED) is 0.688. The van der Waals surface area contributed by atoms with Crippen LogP contribution in [0, 0.1) is 17.0 Å². The number of nitrogens with one attached hydrogen (secondary N) is 1. The first-order valence-electron chi connectivity index (χ1n) is 6.12. The van der Waals surface area contributed by atoms with Crippen LogP contribution in [0.15, 0.2) is 24.4 Å². The second kappa shape index (κ2) is 5.55. The zero-order valence-electron chi connectivity index (χ0n) is 11.1. The summed E-state index contributed by atoms with van der Waals surface area (Å²) in [6.07, 6.45) is -3.87. The van der Waals surface area contributed by atoms with E-state index >= 15 is 0 Å². The molecule has 0 aliphatic heterocycles. The summed E-state index contributed by atoms with van der Waals surface area (Å²) >= 11 is 0. The number of hydrogen-bond donors (Lipinski definition) is 1. The van der Waals surface area contributed by atoms with Gasteiger partial charge in [-0.25, -0.2) is 0 Å². The van der Waals surface area contributed by atoms with Crippen LogP contribution in [0.2, 0.25) is 0 Å². The van der Waals surface area contributed by atoms with E-state index in [1.165, 1.54) is 18.3 Å². The number of halogens is 3. The topological polar surface area (TPSA) is 68.1 Å². The average Bonchev–Trinajstić information content (AvgIpc) is 2.37. The smallest absolute Gasteiger partial charge is 0.384 e. The Morgan fingerprint density at radius 2 is 2.05 bits per heavy atom. The predicted molar refractivity (Wildman–Crippen MR) is 72.3 cm³/mol. The van der Waals surface area contributed by atoms with Crippen LogP contribution >= 0.6 is 0 Å². The highest BCUT2D eigenvalue weighted by atomic mass is 19.4. The first kappa shape index (κ1) is 15.0. The van der Waals surface area contributed by atoms with Crippen LogP contribution in [0.3, 0.4) is 0 Å². The zero-order chi connectivity index (χ0) is 15.6. The second-order valence-corrected chi connectivity index (χ2v) is 4.55. The summed E-state index contributed by atoms with van der Waals surface area (Å²) < 4.78 is 36.5. The first-order chi connectivity index (χ1) is 9.78. The molecule has 2 rings (SSSR count). The number of anilines is 1. The molecule has 0 spiro atoms. The molecule has 5 nitrogen and oxygen atoms in total. The number of nitrogens with zero attached hydrogens (tertiary/aromatic N) is 2. The van der Waals surface area contributed by atoms with E-state index in [0.29, 0.717) is 22.2 Å². The summed E-state index contributed by atoms with van der Waals surface area (Å²) in [7, 11) is 0. The van der Waals surface area contributed by atoms with Crippen molar-refractivity contribution in [3.63, 3.8) is 0 Å². The molecule has 0 amide bonds. The van der Waals surface area contributed by atoms with Crippen LogP contribution in [-0.4, -0.2) is 22.6 Å². The summed E-state index contributed by atoms with van der Waals surface area (Å²) in [5.41, 5.74) is 0.922. The van der Waals surface area contributed by atoms with E-state index in [4.69, 9.17) is 0 Å².